The van der Waals surface area contributed by atoms with Crippen LogP contribution in [0.2, 0.25) is 0 Å². The van der Waals surface area contributed by atoms with Gasteiger partial charge < -0.3 is 4.74 Å². The van der Waals surface area contributed by atoms with E-state index in [9.17, 15) is 9.59 Å². The summed E-state index contributed by atoms with van der Waals surface area (Å²) in [5.74, 6) is 0.286. The molecule has 1 N–H and O–H groups in total. The van der Waals surface area contributed by atoms with Gasteiger partial charge in [-0.3, -0.25) is 14.9 Å². The third-order valence-corrected chi connectivity index (χ3v) is 3.44. The average Bonchev–Trinajstić information content (AvgIpc) is 3.00. The molecule has 0 aliphatic carbocycles. The highest BCUT2D eigenvalue weighted by Crippen LogP contribution is 2.45. The summed E-state index contributed by atoms with van der Waals surface area (Å²) in [4.78, 5) is 23.4. The zero-order valence-electron chi connectivity index (χ0n) is 16.7. The smallest absolute Gasteiger partial charge is 0.240 e. The van der Waals surface area contributed by atoms with Gasteiger partial charge >= 0.3 is 0 Å². The maximum atomic E-state index is 12.2. The minimum Gasteiger partial charge on any atom is -0.492 e. The number of imide groups is 1. The second-order valence-electron chi connectivity index (χ2n) is 4.51. The molecule has 2 saturated heterocycles. The summed E-state index contributed by atoms with van der Waals surface area (Å²) in [5, 5.41) is 2.41. The standard InChI is InChI=1S/C14H17NO3.3C2H6/c1-3-5-6-10-11(4-2)18-9-14(10)8-7-12(16)15-13(14)17;3*1-2/h3-6H,7-9H2,1-2H3,(H,15,16,17);3*1-2H3/b5-3-,10-6+,11-4+;;;. The van der Waals surface area contributed by atoms with Crippen LogP contribution in [0.15, 0.2) is 35.6 Å². The molecule has 24 heavy (non-hydrogen) atoms. The summed E-state index contributed by atoms with van der Waals surface area (Å²) in [5.41, 5.74) is 0.169. The summed E-state index contributed by atoms with van der Waals surface area (Å²) < 4.78 is 5.60. The summed E-state index contributed by atoms with van der Waals surface area (Å²) in [6.07, 6.45) is 8.42. The molecule has 138 valence electrons. The summed E-state index contributed by atoms with van der Waals surface area (Å²) in [6.45, 7) is 16.1. The van der Waals surface area contributed by atoms with Gasteiger partial charge in [0.2, 0.25) is 11.8 Å². The predicted molar refractivity (Wildman–Crippen MR) is 101 cm³/mol. The van der Waals surface area contributed by atoms with Gasteiger partial charge in [0.25, 0.3) is 0 Å². The molecule has 1 atom stereocenters. The normalized spacial score (nSPS) is 25.2. The Kier molecular flexibility index (Phi) is 13.8. The fourth-order valence-electron chi connectivity index (χ4n) is 2.41. The largest absolute Gasteiger partial charge is 0.492 e. The van der Waals surface area contributed by atoms with Crippen molar-refractivity contribution >= 4 is 11.8 Å². The van der Waals surface area contributed by atoms with Crippen molar-refractivity contribution < 1.29 is 14.3 Å². The number of nitrogens with one attached hydrogen (secondary N) is 1. The van der Waals surface area contributed by atoms with E-state index in [4.69, 9.17) is 4.74 Å². The lowest BCUT2D eigenvalue weighted by Crippen LogP contribution is -2.49. The first-order valence-corrected chi connectivity index (χ1v) is 9.11. The third-order valence-electron chi connectivity index (χ3n) is 3.44. The Morgan fingerprint density at radius 1 is 1.04 bits per heavy atom. The molecular weight excluding hydrogens is 302 g/mol. The average molecular weight is 338 g/mol. The van der Waals surface area contributed by atoms with Gasteiger partial charge in [-0.25, -0.2) is 0 Å². The number of carbonyl (C=O) groups excluding carboxylic acids is 2. The first-order chi connectivity index (χ1) is 11.6. The molecule has 0 radical (unpaired) electrons. The van der Waals surface area contributed by atoms with Crippen molar-refractivity contribution in [3.8, 4) is 0 Å². The Morgan fingerprint density at radius 2 is 1.62 bits per heavy atom. The lowest BCUT2D eigenvalue weighted by Gasteiger charge is -2.30. The topological polar surface area (TPSA) is 55.4 Å². The summed E-state index contributed by atoms with van der Waals surface area (Å²) in [6, 6.07) is 0. The number of rotatable bonds is 1. The minimum absolute atomic E-state index is 0.204. The monoisotopic (exact) mass is 337 g/mol. The Hall–Kier alpha value is -1.84. The molecule has 0 aromatic rings. The number of ether oxygens (including phenoxy) is 1. The van der Waals surface area contributed by atoms with E-state index in [0.717, 1.165) is 11.3 Å². The SMILES string of the molecule is CC.CC.CC.C\C=C/C=C1\C(=C/C)OCC12CCC(=O)NC2=O. The molecule has 4 nitrogen and oxygen atoms in total. The van der Waals surface area contributed by atoms with Crippen LogP contribution in [0.3, 0.4) is 0 Å². The maximum Gasteiger partial charge on any atom is 0.240 e. The van der Waals surface area contributed by atoms with Gasteiger partial charge in [-0.15, -0.1) is 0 Å². The molecule has 0 aromatic carbocycles. The number of amides is 2. The van der Waals surface area contributed by atoms with Crippen LogP contribution in [0.1, 0.15) is 68.2 Å². The van der Waals surface area contributed by atoms with Crippen LogP contribution >= 0.6 is 0 Å². The number of hydrogen-bond acceptors (Lipinski definition) is 3. The van der Waals surface area contributed by atoms with E-state index in [-0.39, 0.29) is 11.8 Å². The molecule has 4 heteroatoms. The predicted octanol–water partition coefficient (Wildman–Crippen LogP) is 4.92. The van der Waals surface area contributed by atoms with Gasteiger partial charge in [0.15, 0.2) is 0 Å². The molecule has 2 heterocycles. The molecule has 0 saturated carbocycles. The van der Waals surface area contributed by atoms with Gasteiger partial charge in [0.1, 0.15) is 17.8 Å². The lowest BCUT2D eigenvalue weighted by atomic mass is 9.74. The van der Waals surface area contributed by atoms with Crippen LogP contribution in [0.25, 0.3) is 0 Å². The van der Waals surface area contributed by atoms with E-state index >= 15 is 0 Å². The number of hydrogen-bond donors (Lipinski definition) is 1. The minimum atomic E-state index is -0.699. The Labute approximate surface area is 148 Å². The van der Waals surface area contributed by atoms with Crippen molar-refractivity contribution in [1.29, 1.82) is 0 Å². The molecule has 2 aliphatic heterocycles. The highest BCUT2D eigenvalue weighted by molar-refractivity contribution is 6.03. The first-order valence-electron chi connectivity index (χ1n) is 9.11. The molecule has 2 amide bonds. The molecule has 2 fully saturated rings. The van der Waals surface area contributed by atoms with Crippen LogP contribution in [0, 0.1) is 5.41 Å². The Balaban J connectivity index is 0. The fourth-order valence-corrected chi connectivity index (χ4v) is 2.41. The van der Waals surface area contributed by atoms with Gasteiger partial charge in [0, 0.05) is 12.0 Å². The van der Waals surface area contributed by atoms with E-state index in [1.165, 1.54) is 0 Å². The van der Waals surface area contributed by atoms with E-state index < -0.39 is 5.41 Å². The highest BCUT2D eigenvalue weighted by Gasteiger charge is 2.51. The molecule has 1 spiro atoms. The van der Waals surface area contributed by atoms with Crippen molar-refractivity contribution in [3.63, 3.8) is 0 Å². The van der Waals surface area contributed by atoms with Crippen LogP contribution in [-0.2, 0) is 14.3 Å². The highest BCUT2D eigenvalue weighted by atomic mass is 16.5. The van der Waals surface area contributed by atoms with Crippen LogP contribution in [0.5, 0.6) is 0 Å². The van der Waals surface area contributed by atoms with E-state index in [1.807, 2.05) is 79.7 Å². The second-order valence-corrected chi connectivity index (χ2v) is 4.51. The quantitative estimate of drug-likeness (QED) is 0.691. The first kappa shape index (κ1) is 24.4. The van der Waals surface area contributed by atoms with Crippen molar-refractivity contribution in [1.82, 2.24) is 5.32 Å². The van der Waals surface area contributed by atoms with Crippen LogP contribution in [-0.4, -0.2) is 18.4 Å². The van der Waals surface area contributed by atoms with Crippen LogP contribution < -0.4 is 5.32 Å². The van der Waals surface area contributed by atoms with Gasteiger partial charge in [-0.2, -0.15) is 0 Å². The van der Waals surface area contributed by atoms with Crippen molar-refractivity contribution in [2.45, 2.75) is 68.2 Å². The molecule has 1 unspecified atom stereocenters. The van der Waals surface area contributed by atoms with Crippen molar-refractivity contribution in [3.05, 3.63) is 35.6 Å². The fraction of sp³-hybridized carbons (Fsp3) is 0.600. The van der Waals surface area contributed by atoms with E-state index in [0.29, 0.717) is 19.4 Å². The zero-order valence-corrected chi connectivity index (χ0v) is 16.7. The van der Waals surface area contributed by atoms with E-state index in [1.54, 1.807) is 0 Å². The number of piperidine rings is 1. The molecule has 2 rings (SSSR count). The summed E-state index contributed by atoms with van der Waals surface area (Å²) in [7, 11) is 0. The third kappa shape index (κ3) is 5.66. The van der Waals surface area contributed by atoms with Gasteiger partial charge in [0.05, 0.1) is 0 Å². The van der Waals surface area contributed by atoms with Gasteiger partial charge in [-0.05, 0) is 26.3 Å². The number of allylic oxidation sites excluding steroid dienone is 5. The lowest BCUT2D eigenvalue weighted by molar-refractivity contribution is -0.140. The van der Waals surface area contributed by atoms with E-state index in [2.05, 4.69) is 5.32 Å². The zero-order chi connectivity index (χ0) is 19.2. The van der Waals surface area contributed by atoms with Crippen molar-refractivity contribution in [2.75, 3.05) is 6.61 Å². The maximum absolute atomic E-state index is 12.2. The molecule has 0 aromatic heterocycles. The van der Waals surface area contributed by atoms with Gasteiger partial charge in [-0.1, -0.05) is 59.8 Å². The Bertz CT molecular complexity index is 475. The molecule has 0 bridgehead atoms. The molecular formula is C20H35NO3. The van der Waals surface area contributed by atoms with Crippen molar-refractivity contribution in [2.24, 2.45) is 5.41 Å². The molecule has 2 aliphatic rings. The van der Waals surface area contributed by atoms with Crippen LogP contribution in [0.4, 0.5) is 0 Å². The second kappa shape index (κ2) is 13.6. The Morgan fingerprint density at radius 3 is 2.08 bits per heavy atom. The summed E-state index contributed by atoms with van der Waals surface area (Å²) >= 11 is 0. The number of carbonyl (C=O) groups is 2.